The summed E-state index contributed by atoms with van der Waals surface area (Å²) < 4.78 is 0. The van der Waals surface area contributed by atoms with Crippen LogP contribution in [0.15, 0.2) is 31.0 Å². The monoisotopic (exact) mass is 220 g/mol. The Balaban J connectivity index is 2.99. The fourth-order valence-corrected chi connectivity index (χ4v) is 1.56. The second kappa shape index (κ2) is 5.66. The van der Waals surface area contributed by atoms with E-state index in [4.69, 9.17) is 0 Å². The maximum Gasteiger partial charge on any atom is 0.129 e. The molecule has 0 bridgehead atoms. The van der Waals surface area contributed by atoms with E-state index in [-0.39, 0.29) is 0 Å². The normalized spacial score (nSPS) is 12.6. The number of hydrogen-bond donors (Lipinski definition) is 1. The lowest BCUT2D eigenvalue weighted by Crippen LogP contribution is -2.31. The van der Waals surface area contributed by atoms with Crippen molar-refractivity contribution in [2.24, 2.45) is 0 Å². The van der Waals surface area contributed by atoms with Gasteiger partial charge >= 0.3 is 0 Å². The second-order valence-electron chi connectivity index (χ2n) is 4.16. The number of nitrogens with zero attached hydrogens (tertiary/aromatic N) is 2. The molecule has 0 amide bonds. The molecule has 0 aromatic carbocycles. The molecule has 0 saturated carbocycles. The van der Waals surface area contributed by atoms with Gasteiger partial charge in [0.2, 0.25) is 0 Å². The minimum Gasteiger partial charge on any atom is -0.389 e. The van der Waals surface area contributed by atoms with Gasteiger partial charge in [0.05, 0.1) is 6.10 Å². The van der Waals surface area contributed by atoms with E-state index in [0.717, 1.165) is 17.9 Å². The third-order valence-electron chi connectivity index (χ3n) is 2.50. The standard InChI is InChI=1S/C13H20N2O/c1-5-8-15(10(2)3)13-9-12(11(4)16)6-7-14-13/h5-7,9-11,16H,1,8H2,2-4H3/t11-/m1/s1. The molecule has 1 heterocycles. The van der Waals surface area contributed by atoms with Gasteiger partial charge in [0.15, 0.2) is 0 Å². The summed E-state index contributed by atoms with van der Waals surface area (Å²) in [7, 11) is 0. The van der Waals surface area contributed by atoms with Crippen molar-refractivity contribution in [3.05, 3.63) is 36.5 Å². The van der Waals surface area contributed by atoms with Gasteiger partial charge in [-0.25, -0.2) is 4.98 Å². The predicted octanol–water partition coefficient (Wildman–Crippen LogP) is 2.54. The van der Waals surface area contributed by atoms with Gasteiger partial charge in [-0.05, 0) is 38.5 Å². The Morgan fingerprint density at radius 1 is 1.50 bits per heavy atom. The maximum absolute atomic E-state index is 9.53. The third-order valence-corrected chi connectivity index (χ3v) is 2.50. The summed E-state index contributed by atoms with van der Waals surface area (Å²) in [5, 5.41) is 9.53. The molecular weight excluding hydrogens is 200 g/mol. The quantitative estimate of drug-likeness (QED) is 0.775. The van der Waals surface area contributed by atoms with Gasteiger partial charge in [0.25, 0.3) is 0 Å². The van der Waals surface area contributed by atoms with Crippen molar-refractivity contribution in [1.29, 1.82) is 0 Å². The molecule has 3 nitrogen and oxygen atoms in total. The van der Waals surface area contributed by atoms with Crippen LogP contribution in [0.2, 0.25) is 0 Å². The molecule has 16 heavy (non-hydrogen) atoms. The van der Waals surface area contributed by atoms with Gasteiger partial charge in [-0.3, -0.25) is 0 Å². The molecule has 1 N–H and O–H groups in total. The molecule has 0 aliphatic heterocycles. The van der Waals surface area contributed by atoms with Crippen LogP contribution in [-0.4, -0.2) is 22.7 Å². The molecule has 3 heteroatoms. The van der Waals surface area contributed by atoms with Crippen LogP contribution in [0.3, 0.4) is 0 Å². The highest BCUT2D eigenvalue weighted by molar-refractivity contribution is 5.43. The van der Waals surface area contributed by atoms with Crippen LogP contribution in [0.4, 0.5) is 5.82 Å². The van der Waals surface area contributed by atoms with Crippen LogP contribution in [0.25, 0.3) is 0 Å². The highest BCUT2D eigenvalue weighted by atomic mass is 16.3. The van der Waals surface area contributed by atoms with Crippen molar-refractivity contribution >= 4 is 5.82 Å². The Morgan fingerprint density at radius 3 is 2.69 bits per heavy atom. The third kappa shape index (κ3) is 3.07. The van der Waals surface area contributed by atoms with Crippen molar-refractivity contribution in [3.63, 3.8) is 0 Å². The Bertz CT molecular complexity index is 348. The van der Waals surface area contributed by atoms with Gasteiger partial charge in [-0.1, -0.05) is 6.08 Å². The lowest BCUT2D eigenvalue weighted by molar-refractivity contribution is 0.199. The Hall–Kier alpha value is -1.35. The zero-order valence-corrected chi connectivity index (χ0v) is 10.2. The van der Waals surface area contributed by atoms with Gasteiger partial charge in [-0.2, -0.15) is 0 Å². The van der Waals surface area contributed by atoms with Gasteiger partial charge in [0.1, 0.15) is 5.82 Å². The highest BCUT2D eigenvalue weighted by Crippen LogP contribution is 2.19. The molecule has 1 rings (SSSR count). The van der Waals surface area contributed by atoms with Gasteiger partial charge in [-0.15, -0.1) is 6.58 Å². The molecule has 0 saturated heterocycles. The Labute approximate surface area is 97.4 Å². The molecule has 0 radical (unpaired) electrons. The summed E-state index contributed by atoms with van der Waals surface area (Å²) in [6.45, 7) is 10.5. The first-order chi connectivity index (χ1) is 7.56. The minimum absolute atomic E-state index is 0.356. The van der Waals surface area contributed by atoms with E-state index < -0.39 is 6.10 Å². The van der Waals surface area contributed by atoms with Crippen LogP contribution in [-0.2, 0) is 0 Å². The maximum atomic E-state index is 9.53. The first kappa shape index (κ1) is 12.7. The molecule has 0 aliphatic rings. The fraction of sp³-hybridized carbons (Fsp3) is 0.462. The number of rotatable bonds is 5. The molecule has 88 valence electrons. The molecule has 0 unspecified atom stereocenters. The van der Waals surface area contributed by atoms with E-state index >= 15 is 0 Å². The van der Waals surface area contributed by atoms with Crippen LogP contribution in [0.1, 0.15) is 32.4 Å². The van der Waals surface area contributed by atoms with E-state index in [1.807, 2.05) is 18.2 Å². The van der Waals surface area contributed by atoms with Gasteiger partial charge < -0.3 is 10.0 Å². The van der Waals surface area contributed by atoms with E-state index in [1.54, 1.807) is 13.1 Å². The summed E-state index contributed by atoms with van der Waals surface area (Å²) in [6, 6.07) is 4.11. The van der Waals surface area contributed by atoms with E-state index in [1.165, 1.54) is 0 Å². The average molecular weight is 220 g/mol. The fourth-order valence-electron chi connectivity index (χ4n) is 1.56. The van der Waals surface area contributed by atoms with E-state index in [9.17, 15) is 5.11 Å². The summed E-state index contributed by atoms with van der Waals surface area (Å²) in [5.74, 6) is 0.883. The van der Waals surface area contributed by atoms with E-state index in [0.29, 0.717) is 6.04 Å². The zero-order valence-electron chi connectivity index (χ0n) is 10.2. The van der Waals surface area contributed by atoms with Crippen molar-refractivity contribution in [3.8, 4) is 0 Å². The lowest BCUT2D eigenvalue weighted by atomic mass is 10.1. The highest BCUT2D eigenvalue weighted by Gasteiger charge is 2.11. The minimum atomic E-state index is -0.459. The molecule has 1 aromatic rings. The molecule has 0 spiro atoms. The van der Waals surface area contributed by atoms with Crippen LogP contribution < -0.4 is 4.90 Å². The topological polar surface area (TPSA) is 36.4 Å². The summed E-state index contributed by atoms with van der Waals surface area (Å²) in [6.07, 6.45) is 3.13. The average Bonchev–Trinajstić information content (AvgIpc) is 2.25. The molecule has 1 aromatic heterocycles. The first-order valence-electron chi connectivity index (χ1n) is 5.57. The number of pyridine rings is 1. The number of aliphatic hydroxyl groups is 1. The lowest BCUT2D eigenvalue weighted by Gasteiger charge is -2.27. The first-order valence-corrected chi connectivity index (χ1v) is 5.57. The number of aliphatic hydroxyl groups excluding tert-OH is 1. The predicted molar refractivity (Wildman–Crippen MR) is 67.5 cm³/mol. The molecular formula is C13H20N2O. The zero-order chi connectivity index (χ0) is 12.1. The summed E-state index contributed by atoms with van der Waals surface area (Å²) >= 11 is 0. The Kier molecular flexibility index (Phi) is 4.50. The number of anilines is 1. The van der Waals surface area contributed by atoms with Crippen molar-refractivity contribution in [2.75, 3.05) is 11.4 Å². The van der Waals surface area contributed by atoms with Gasteiger partial charge in [0, 0.05) is 18.8 Å². The van der Waals surface area contributed by atoms with Crippen molar-refractivity contribution in [2.45, 2.75) is 32.9 Å². The SMILES string of the molecule is C=CCN(c1cc([C@@H](C)O)ccn1)C(C)C. The Morgan fingerprint density at radius 2 is 2.19 bits per heavy atom. The smallest absolute Gasteiger partial charge is 0.129 e. The van der Waals surface area contributed by atoms with Crippen LogP contribution >= 0.6 is 0 Å². The van der Waals surface area contributed by atoms with Crippen LogP contribution in [0, 0.1) is 0 Å². The number of aromatic nitrogens is 1. The molecule has 1 atom stereocenters. The van der Waals surface area contributed by atoms with E-state index in [2.05, 4.69) is 30.3 Å². The summed E-state index contributed by atoms with van der Waals surface area (Å²) in [4.78, 5) is 6.47. The largest absolute Gasteiger partial charge is 0.389 e. The van der Waals surface area contributed by atoms with Crippen molar-refractivity contribution in [1.82, 2.24) is 4.98 Å². The summed E-state index contributed by atoms with van der Waals surface area (Å²) in [5.41, 5.74) is 0.889. The van der Waals surface area contributed by atoms with Crippen LogP contribution in [0.5, 0.6) is 0 Å². The molecule has 0 aliphatic carbocycles. The molecule has 0 fully saturated rings. The second-order valence-corrected chi connectivity index (χ2v) is 4.16. The van der Waals surface area contributed by atoms with Crippen molar-refractivity contribution < 1.29 is 5.11 Å². The number of hydrogen-bond acceptors (Lipinski definition) is 3.